The van der Waals surface area contributed by atoms with Gasteiger partial charge in [0.1, 0.15) is 11.6 Å². The Balaban J connectivity index is 1.53. The van der Waals surface area contributed by atoms with Crippen LogP contribution < -0.4 is 4.74 Å². The Morgan fingerprint density at radius 2 is 1.83 bits per heavy atom. The minimum atomic E-state index is -0.242. The molecule has 0 bridgehead atoms. The van der Waals surface area contributed by atoms with Crippen molar-refractivity contribution in [1.29, 1.82) is 0 Å². The molecular weight excluding hydrogens is 295 g/mol. The molecule has 0 atom stereocenters. The third kappa shape index (κ3) is 4.53. The highest BCUT2D eigenvalue weighted by atomic mass is 19.1. The molecule has 3 rings (SSSR count). The summed E-state index contributed by atoms with van der Waals surface area (Å²) in [6, 6.07) is 14.3. The monoisotopic (exact) mass is 316 g/mol. The largest absolute Gasteiger partial charge is 0.493 e. The van der Waals surface area contributed by atoms with E-state index in [2.05, 4.69) is 0 Å². The number of para-hydroxylation sites is 1. The van der Waals surface area contributed by atoms with E-state index >= 15 is 0 Å². The van der Waals surface area contributed by atoms with E-state index in [9.17, 15) is 4.39 Å². The molecule has 2 aromatic carbocycles. The first-order valence-electron chi connectivity index (χ1n) is 8.04. The van der Waals surface area contributed by atoms with E-state index in [1.807, 2.05) is 30.3 Å². The SMILES string of the molecule is Fc1cccc(-c2ccccc2OCCCCC2OCCO2)c1. The van der Waals surface area contributed by atoms with Crippen molar-refractivity contribution in [3.63, 3.8) is 0 Å². The van der Waals surface area contributed by atoms with Gasteiger partial charge in [-0.25, -0.2) is 4.39 Å². The molecule has 4 heteroatoms. The van der Waals surface area contributed by atoms with Crippen molar-refractivity contribution in [3.8, 4) is 16.9 Å². The van der Waals surface area contributed by atoms with E-state index in [0.717, 1.165) is 36.1 Å². The van der Waals surface area contributed by atoms with Crippen molar-refractivity contribution in [1.82, 2.24) is 0 Å². The Morgan fingerprint density at radius 1 is 1.00 bits per heavy atom. The molecule has 0 unspecified atom stereocenters. The molecule has 23 heavy (non-hydrogen) atoms. The summed E-state index contributed by atoms with van der Waals surface area (Å²) >= 11 is 0. The van der Waals surface area contributed by atoms with Crippen LogP contribution in [-0.4, -0.2) is 26.1 Å². The smallest absolute Gasteiger partial charge is 0.157 e. The lowest BCUT2D eigenvalue weighted by Gasteiger charge is -2.12. The van der Waals surface area contributed by atoms with Gasteiger partial charge in [-0.1, -0.05) is 30.3 Å². The number of rotatable bonds is 7. The molecule has 0 N–H and O–H groups in total. The number of hydrogen-bond donors (Lipinski definition) is 0. The van der Waals surface area contributed by atoms with Crippen LogP contribution >= 0.6 is 0 Å². The van der Waals surface area contributed by atoms with Crippen LogP contribution in [0, 0.1) is 5.82 Å². The molecule has 0 amide bonds. The highest BCUT2D eigenvalue weighted by Crippen LogP contribution is 2.30. The molecule has 1 aliphatic rings. The van der Waals surface area contributed by atoms with Crippen LogP contribution in [0.1, 0.15) is 19.3 Å². The number of unbranched alkanes of at least 4 members (excludes halogenated alkanes) is 1. The predicted octanol–water partition coefficient (Wildman–Crippen LogP) is 4.41. The van der Waals surface area contributed by atoms with Crippen molar-refractivity contribution >= 4 is 0 Å². The zero-order valence-corrected chi connectivity index (χ0v) is 13.0. The molecule has 122 valence electrons. The van der Waals surface area contributed by atoms with Gasteiger partial charge >= 0.3 is 0 Å². The highest BCUT2D eigenvalue weighted by Gasteiger charge is 2.14. The molecule has 0 spiro atoms. The van der Waals surface area contributed by atoms with Gasteiger partial charge in [0.05, 0.1) is 19.8 Å². The van der Waals surface area contributed by atoms with Gasteiger partial charge in [0.2, 0.25) is 0 Å². The minimum absolute atomic E-state index is 0.0467. The van der Waals surface area contributed by atoms with E-state index in [1.54, 1.807) is 6.07 Å². The van der Waals surface area contributed by atoms with E-state index < -0.39 is 0 Å². The van der Waals surface area contributed by atoms with Gasteiger partial charge in [-0.2, -0.15) is 0 Å². The molecule has 2 aromatic rings. The van der Waals surface area contributed by atoms with Gasteiger partial charge in [-0.05, 0) is 43.0 Å². The maximum Gasteiger partial charge on any atom is 0.157 e. The highest BCUT2D eigenvalue weighted by molar-refractivity contribution is 5.70. The fraction of sp³-hybridized carbons (Fsp3) is 0.368. The molecule has 1 saturated heterocycles. The van der Waals surface area contributed by atoms with Crippen LogP contribution in [0.15, 0.2) is 48.5 Å². The zero-order valence-electron chi connectivity index (χ0n) is 13.0. The van der Waals surface area contributed by atoms with E-state index in [0.29, 0.717) is 19.8 Å². The van der Waals surface area contributed by atoms with Crippen molar-refractivity contribution in [2.75, 3.05) is 19.8 Å². The van der Waals surface area contributed by atoms with E-state index in [1.165, 1.54) is 12.1 Å². The van der Waals surface area contributed by atoms with Crippen molar-refractivity contribution in [2.45, 2.75) is 25.6 Å². The summed E-state index contributed by atoms with van der Waals surface area (Å²) in [7, 11) is 0. The van der Waals surface area contributed by atoms with Gasteiger partial charge < -0.3 is 14.2 Å². The zero-order chi connectivity index (χ0) is 15.9. The van der Waals surface area contributed by atoms with Gasteiger partial charge in [-0.15, -0.1) is 0 Å². The second-order valence-corrected chi connectivity index (χ2v) is 5.52. The van der Waals surface area contributed by atoms with Gasteiger partial charge in [0.15, 0.2) is 6.29 Å². The number of ether oxygens (including phenoxy) is 3. The Kier molecular flexibility index (Phi) is 5.61. The molecule has 0 aliphatic carbocycles. The summed E-state index contributed by atoms with van der Waals surface area (Å²) in [5.74, 6) is 0.542. The lowest BCUT2D eigenvalue weighted by molar-refractivity contribution is -0.0482. The first kappa shape index (κ1) is 16.0. The number of hydrogen-bond acceptors (Lipinski definition) is 3. The maximum atomic E-state index is 13.4. The van der Waals surface area contributed by atoms with Gasteiger partial charge in [0, 0.05) is 5.56 Å². The lowest BCUT2D eigenvalue weighted by atomic mass is 10.0. The quantitative estimate of drug-likeness (QED) is 0.708. The third-order valence-corrected chi connectivity index (χ3v) is 3.81. The summed E-state index contributed by atoms with van der Waals surface area (Å²) in [4.78, 5) is 0. The fourth-order valence-corrected chi connectivity index (χ4v) is 2.66. The topological polar surface area (TPSA) is 27.7 Å². The minimum Gasteiger partial charge on any atom is -0.493 e. The molecule has 3 nitrogen and oxygen atoms in total. The van der Waals surface area contributed by atoms with E-state index in [-0.39, 0.29) is 12.1 Å². The average molecular weight is 316 g/mol. The second-order valence-electron chi connectivity index (χ2n) is 5.52. The van der Waals surface area contributed by atoms with Crippen LogP contribution in [0.2, 0.25) is 0 Å². The van der Waals surface area contributed by atoms with Crippen molar-refractivity contribution in [2.24, 2.45) is 0 Å². The van der Waals surface area contributed by atoms with E-state index in [4.69, 9.17) is 14.2 Å². The van der Waals surface area contributed by atoms with Crippen LogP contribution in [0.5, 0.6) is 5.75 Å². The Morgan fingerprint density at radius 3 is 2.65 bits per heavy atom. The molecule has 1 aliphatic heterocycles. The summed E-state index contributed by atoms with van der Waals surface area (Å²) in [5, 5.41) is 0. The predicted molar refractivity (Wildman–Crippen MR) is 86.9 cm³/mol. The molecule has 1 heterocycles. The first-order valence-corrected chi connectivity index (χ1v) is 8.04. The van der Waals surface area contributed by atoms with Crippen molar-refractivity contribution in [3.05, 3.63) is 54.3 Å². The van der Waals surface area contributed by atoms with Crippen LogP contribution in [-0.2, 0) is 9.47 Å². The molecule has 1 fully saturated rings. The summed E-state index contributed by atoms with van der Waals surface area (Å²) < 4.78 is 30.1. The van der Waals surface area contributed by atoms with Crippen LogP contribution in [0.3, 0.4) is 0 Å². The molecule has 0 radical (unpaired) electrons. The lowest BCUT2D eigenvalue weighted by Crippen LogP contribution is -2.08. The van der Waals surface area contributed by atoms with Gasteiger partial charge in [0.25, 0.3) is 0 Å². The normalized spacial score (nSPS) is 15.0. The molecule has 0 aromatic heterocycles. The Labute approximate surface area is 136 Å². The molecule has 0 saturated carbocycles. The average Bonchev–Trinajstić information content (AvgIpc) is 3.08. The van der Waals surface area contributed by atoms with Crippen LogP contribution in [0.4, 0.5) is 4.39 Å². The Bertz CT molecular complexity index is 624. The standard InChI is InChI=1S/C19H21FO3/c20-16-7-5-6-15(14-16)17-8-1-2-9-18(17)21-11-4-3-10-19-22-12-13-23-19/h1-2,5-9,14,19H,3-4,10-13H2. The first-order chi connectivity index (χ1) is 11.3. The fourth-order valence-electron chi connectivity index (χ4n) is 2.66. The summed E-state index contributed by atoms with van der Waals surface area (Å²) in [6.45, 7) is 2.02. The van der Waals surface area contributed by atoms with Gasteiger partial charge in [-0.3, -0.25) is 0 Å². The Hall–Kier alpha value is -1.91. The number of halogens is 1. The number of benzene rings is 2. The molecular formula is C19H21FO3. The van der Waals surface area contributed by atoms with Crippen LogP contribution in [0.25, 0.3) is 11.1 Å². The summed E-state index contributed by atoms with van der Waals surface area (Å²) in [6.07, 6.45) is 2.78. The third-order valence-electron chi connectivity index (χ3n) is 3.81. The second kappa shape index (κ2) is 8.09. The van der Waals surface area contributed by atoms with Crippen molar-refractivity contribution < 1.29 is 18.6 Å². The summed E-state index contributed by atoms with van der Waals surface area (Å²) in [5.41, 5.74) is 1.74. The maximum absolute atomic E-state index is 13.4.